The number of hydrogen-bond acceptors (Lipinski definition) is 7. The molecule has 0 radical (unpaired) electrons. The molecule has 5 nitrogen and oxygen atoms in total. The summed E-state index contributed by atoms with van der Waals surface area (Å²) in [6, 6.07) is 0. The fourth-order valence-electron chi connectivity index (χ4n) is 1.92. The smallest absolute Gasteiger partial charge is 0.0701 e. The maximum Gasteiger partial charge on any atom is 0.0701 e. The molecule has 0 amide bonds. The zero-order chi connectivity index (χ0) is 16.7. The quantitative estimate of drug-likeness (QED) is 0.336. The van der Waals surface area contributed by atoms with Gasteiger partial charge in [-0.15, -0.1) is 0 Å². The molecular weight excluding hydrogens is 320 g/mol. The number of likely N-dealkylation sites (N-methyl/N-ethyl adjacent to an activating group) is 2. The summed E-state index contributed by atoms with van der Waals surface area (Å²) in [5.74, 6) is 0. The molecular formula is C15H34N2O3S2. The van der Waals surface area contributed by atoms with Crippen molar-refractivity contribution in [3.05, 3.63) is 0 Å². The summed E-state index contributed by atoms with van der Waals surface area (Å²) in [4.78, 5) is 2.32. The van der Waals surface area contributed by atoms with Gasteiger partial charge in [0, 0.05) is 24.4 Å². The maximum atomic E-state index is 5.59. The Hall–Kier alpha value is 0.500. The number of hydrogen-bond donors (Lipinski definition) is 1. The molecule has 0 atom stereocenters. The molecule has 0 aromatic carbocycles. The molecule has 1 N–H and O–H groups in total. The van der Waals surface area contributed by atoms with Crippen molar-refractivity contribution in [1.29, 1.82) is 0 Å². The van der Waals surface area contributed by atoms with Crippen LogP contribution in [0.1, 0.15) is 13.8 Å². The highest BCUT2D eigenvalue weighted by molar-refractivity contribution is 8.76. The van der Waals surface area contributed by atoms with Crippen LogP contribution < -0.4 is 5.32 Å². The lowest BCUT2D eigenvalue weighted by Crippen LogP contribution is -2.35. The topological polar surface area (TPSA) is 43.0 Å². The molecule has 22 heavy (non-hydrogen) atoms. The Balaban J connectivity index is 3.32. The first kappa shape index (κ1) is 22.5. The van der Waals surface area contributed by atoms with Gasteiger partial charge in [0.25, 0.3) is 0 Å². The summed E-state index contributed by atoms with van der Waals surface area (Å²) in [5.41, 5.74) is 0. The summed E-state index contributed by atoms with van der Waals surface area (Å²) in [6.07, 6.45) is 2.13. The van der Waals surface area contributed by atoms with Crippen molar-refractivity contribution in [3.8, 4) is 0 Å². The molecule has 0 spiro atoms. The Kier molecular flexibility index (Phi) is 15.4. The van der Waals surface area contributed by atoms with Gasteiger partial charge in [-0.25, -0.2) is 0 Å². The van der Waals surface area contributed by atoms with Gasteiger partial charge < -0.3 is 24.4 Å². The normalized spacial score (nSPS) is 12.3. The molecule has 0 aromatic rings. The Bertz CT molecular complexity index is 247. The average molecular weight is 355 g/mol. The second-order valence-electron chi connectivity index (χ2n) is 5.69. The van der Waals surface area contributed by atoms with Crippen molar-refractivity contribution >= 4 is 21.6 Å². The van der Waals surface area contributed by atoms with Gasteiger partial charge in [0.1, 0.15) is 0 Å². The fourth-order valence-corrected chi connectivity index (χ4v) is 4.15. The van der Waals surface area contributed by atoms with Crippen molar-refractivity contribution < 1.29 is 14.2 Å². The van der Waals surface area contributed by atoms with Gasteiger partial charge in [-0.1, -0.05) is 21.6 Å². The monoisotopic (exact) mass is 354 g/mol. The molecule has 0 aliphatic carbocycles. The molecule has 0 aromatic heterocycles. The SMILES string of the molecule is CNCCOCCOCCOCCN(C)CC(C)(C)SSC. The molecule has 0 saturated heterocycles. The zero-order valence-corrected chi connectivity index (χ0v) is 16.5. The summed E-state index contributed by atoms with van der Waals surface area (Å²) in [7, 11) is 7.80. The summed E-state index contributed by atoms with van der Waals surface area (Å²) < 4.78 is 16.7. The van der Waals surface area contributed by atoms with Gasteiger partial charge in [0.2, 0.25) is 0 Å². The molecule has 0 rings (SSSR count). The largest absolute Gasteiger partial charge is 0.378 e. The second-order valence-corrected chi connectivity index (χ2v) is 8.79. The van der Waals surface area contributed by atoms with Crippen LogP contribution in [0.2, 0.25) is 0 Å². The van der Waals surface area contributed by atoms with E-state index in [9.17, 15) is 0 Å². The Morgan fingerprint density at radius 1 is 0.955 bits per heavy atom. The van der Waals surface area contributed by atoms with Crippen LogP contribution >= 0.6 is 21.6 Å². The highest BCUT2D eigenvalue weighted by atomic mass is 33.1. The van der Waals surface area contributed by atoms with Crippen LogP contribution in [0.5, 0.6) is 0 Å². The summed E-state index contributed by atoms with van der Waals surface area (Å²) >= 11 is 0. The van der Waals surface area contributed by atoms with E-state index in [1.54, 1.807) is 0 Å². The van der Waals surface area contributed by atoms with Crippen LogP contribution in [0, 0.1) is 0 Å². The Morgan fingerprint density at radius 3 is 2.05 bits per heavy atom. The minimum absolute atomic E-state index is 0.268. The van der Waals surface area contributed by atoms with Crippen LogP contribution in [0.4, 0.5) is 0 Å². The van der Waals surface area contributed by atoms with Gasteiger partial charge in [-0.2, -0.15) is 0 Å². The van der Waals surface area contributed by atoms with E-state index in [4.69, 9.17) is 14.2 Å². The highest BCUT2D eigenvalue weighted by Crippen LogP contribution is 2.33. The van der Waals surface area contributed by atoms with Crippen LogP contribution in [-0.4, -0.2) is 89.3 Å². The van der Waals surface area contributed by atoms with Crippen molar-refractivity contribution in [2.24, 2.45) is 0 Å². The third kappa shape index (κ3) is 15.4. The Labute approximate surface area is 144 Å². The number of rotatable bonds is 16. The van der Waals surface area contributed by atoms with E-state index in [-0.39, 0.29) is 4.75 Å². The molecule has 0 unspecified atom stereocenters. The molecule has 0 fully saturated rings. The van der Waals surface area contributed by atoms with E-state index in [0.717, 1.165) is 32.8 Å². The number of nitrogens with one attached hydrogen (secondary N) is 1. The molecule has 0 aliphatic rings. The molecule has 0 heterocycles. The van der Waals surface area contributed by atoms with Gasteiger partial charge >= 0.3 is 0 Å². The standard InChI is InChI=1S/C15H34N2O3S2/c1-15(2,22-21-5)14-17(4)7-9-19-11-13-20-12-10-18-8-6-16-3/h16H,6-14H2,1-5H3. The van der Waals surface area contributed by atoms with Crippen molar-refractivity contribution in [2.75, 3.05) is 79.6 Å². The Morgan fingerprint density at radius 2 is 1.50 bits per heavy atom. The predicted octanol–water partition coefficient (Wildman–Crippen LogP) is 1.98. The first-order chi connectivity index (χ1) is 10.5. The zero-order valence-electron chi connectivity index (χ0n) is 14.9. The van der Waals surface area contributed by atoms with E-state index in [1.165, 1.54) is 0 Å². The molecule has 0 aliphatic heterocycles. The lowest BCUT2D eigenvalue weighted by Gasteiger charge is -2.28. The first-order valence-corrected chi connectivity index (χ1v) is 10.4. The second kappa shape index (κ2) is 15.1. The third-order valence-corrected chi connectivity index (χ3v) is 5.42. The minimum atomic E-state index is 0.268. The fraction of sp³-hybridized carbons (Fsp3) is 1.00. The molecule has 0 saturated carbocycles. The van der Waals surface area contributed by atoms with E-state index >= 15 is 0 Å². The van der Waals surface area contributed by atoms with Crippen molar-refractivity contribution in [1.82, 2.24) is 10.2 Å². The minimum Gasteiger partial charge on any atom is -0.378 e. The van der Waals surface area contributed by atoms with Crippen LogP contribution in [-0.2, 0) is 14.2 Å². The average Bonchev–Trinajstić information content (AvgIpc) is 2.44. The van der Waals surface area contributed by atoms with E-state index in [1.807, 2.05) is 28.6 Å². The van der Waals surface area contributed by atoms with Gasteiger partial charge in [0.15, 0.2) is 0 Å². The molecule has 0 bridgehead atoms. The van der Waals surface area contributed by atoms with Gasteiger partial charge in [-0.05, 0) is 34.2 Å². The van der Waals surface area contributed by atoms with Crippen LogP contribution in [0.3, 0.4) is 0 Å². The van der Waals surface area contributed by atoms with Gasteiger partial charge in [-0.3, -0.25) is 0 Å². The molecule has 7 heteroatoms. The third-order valence-electron chi connectivity index (χ3n) is 2.82. The summed E-state index contributed by atoms with van der Waals surface area (Å²) in [6.45, 7) is 11.5. The van der Waals surface area contributed by atoms with Crippen molar-refractivity contribution in [2.45, 2.75) is 18.6 Å². The lowest BCUT2D eigenvalue weighted by atomic mass is 10.2. The lowest BCUT2D eigenvalue weighted by molar-refractivity contribution is 0.0121. The number of ether oxygens (including phenoxy) is 3. The van der Waals surface area contributed by atoms with Crippen LogP contribution in [0.15, 0.2) is 0 Å². The summed E-state index contributed by atoms with van der Waals surface area (Å²) in [5, 5.41) is 3.03. The van der Waals surface area contributed by atoms with E-state index in [0.29, 0.717) is 26.4 Å². The van der Waals surface area contributed by atoms with E-state index < -0.39 is 0 Å². The number of nitrogens with zero attached hydrogens (tertiary/aromatic N) is 1. The maximum absolute atomic E-state index is 5.59. The first-order valence-electron chi connectivity index (χ1n) is 7.80. The predicted molar refractivity (Wildman–Crippen MR) is 99.1 cm³/mol. The highest BCUT2D eigenvalue weighted by Gasteiger charge is 2.20. The van der Waals surface area contributed by atoms with Crippen LogP contribution in [0.25, 0.3) is 0 Å². The van der Waals surface area contributed by atoms with E-state index in [2.05, 4.69) is 37.4 Å². The molecule has 134 valence electrons. The van der Waals surface area contributed by atoms with Crippen molar-refractivity contribution in [3.63, 3.8) is 0 Å². The van der Waals surface area contributed by atoms with Gasteiger partial charge in [0.05, 0.1) is 39.6 Å².